The average molecular weight is 279 g/mol. The number of halogens is 1. The number of fused-ring (bicyclic) bond motifs is 1. The van der Waals surface area contributed by atoms with Crippen LogP contribution in [0.5, 0.6) is 0 Å². The molecule has 3 rings (SSSR count). The van der Waals surface area contributed by atoms with Crippen LogP contribution in [-0.4, -0.2) is 4.98 Å². The van der Waals surface area contributed by atoms with E-state index in [2.05, 4.69) is 45.3 Å². The molecule has 0 radical (unpaired) electrons. The van der Waals surface area contributed by atoms with E-state index in [1.165, 1.54) is 35.7 Å². The standard InChI is InChI=1S/C13H15BrN2/c14-9-4-5-12-10(6-9)11(7-16-12)13(15)8-2-1-3-8/h4-8,13,16H,1-3,15H2/t13-/m1/s1. The van der Waals surface area contributed by atoms with Gasteiger partial charge < -0.3 is 10.7 Å². The second kappa shape index (κ2) is 3.90. The molecule has 2 nitrogen and oxygen atoms in total. The zero-order chi connectivity index (χ0) is 11.1. The zero-order valence-electron chi connectivity index (χ0n) is 9.04. The molecule has 0 bridgehead atoms. The van der Waals surface area contributed by atoms with E-state index in [4.69, 9.17) is 5.73 Å². The summed E-state index contributed by atoms with van der Waals surface area (Å²) >= 11 is 3.51. The number of nitrogens with two attached hydrogens (primary N) is 1. The molecule has 0 saturated heterocycles. The number of aromatic amines is 1. The van der Waals surface area contributed by atoms with Crippen LogP contribution in [-0.2, 0) is 0 Å². The summed E-state index contributed by atoms with van der Waals surface area (Å²) in [6, 6.07) is 6.49. The highest BCUT2D eigenvalue weighted by atomic mass is 79.9. The molecule has 1 atom stereocenters. The minimum atomic E-state index is 0.191. The number of nitrogens with one attached hydrogen (secondary N) is 1. The molecule has 0 amide bonds. The van der Waals surface area contributed by atoms with E-state index in [-0.39, 0.29) is 6.04 Å². The van der Waals surface area contributed by atoms with Crippen LogP contribution in [0, 0.1) is 5.92 Å². The second-order valence-electron chi connectivity index (χ2n) is 4.65. The van der Waals surface area contributed by atoms with Crippen LogP contribution in [0.3, 0.4) is 0 Å². The van der Waals surface area contributed by atoms with Crippen molar-refractivity contribution in [3.05, 3.63) is 34.4 Å². The average Bonchev–Trinajstić information content (AvgIpc) is 2.57. The maximum absolute atomic E-state index is 6.33. The third-order valence-electron chi connectivity index (χ3n) is 3.69. The molecule has 1 aromatic heterocycles. The van der Waals surface area contributed by atoms with Gasteiger partial charge >= 0.3 is 0 Å². The van der Waals surface area contributed by atoms with Crippen LogP contribution in [0.2, 0.25) is 0 Å². The van der Waals surface area contributed by atoms with E-state index in [9.17, 15) is 0 Å². The van der Waals surface area contributed by atoms with Gasteiger partial charge in [-0.2, -0.15) is 0 Å². The van der Waals surface area contributed by atoms with Crippen molar-refractivity contribution in [1.82, 2.24) is 4.98 Å². The predicted octanol–water partition coefficient (Wildman–Crippen LogP) is 3.73. The summed E-state index contributed by atoms with van der Waals surface area (Å²) in [6.45, 7) is 0. The molecule has 2 aromatic rings. The number of benzene rings is 1. The third kappa shape index (κ3) is 1.59. The monoisotopic (exact) mass is 278 g/mol. The molecule has 3 N–H and O–H groups in total. The number of rotatable bonds is 2. The Labute approximate surface area is 103 Å². The smallest absolute Gasteiger partial charge is 0.0458 e. The summed E-state index contributed by atoms with van der Waals surface area (Å²) in [7, 11) is 0. The van der Waals surface area contributed by atoms with Gasteiger partial charge in [-0.15, -0.1) is 0 Å². The van der Waals surface area contributed by atoms with Crippen LogP contribution in [0.25, 0.3) is 10.9 Å². The van der Waals surface area contributed by atoms with Crippen LogP contribution in [0.15, 0.2) is 28.9 Å². The first-order valence-corrected chi connectivity index (χ1v) is 6.57. The zero-order valence-corrected chi connectivity index (χ0v) is 10.6. The highest BCUT2D eigenvalue weighted by Gasteiger charge is 2.27. The molecule has 0 spiro atoms. The van der Waals surface area contributed by atoms with Gasteiger partial charge in [0.25, 0.3) is 0 Å². The van der Waals surface area contributed by atoms with Crippen molar-refractivity contribution in [3.63, 3.8) is 0 Å². The van der Waals surface area contributed by atoms with Crippen molar-refractivity contribution in [1.29, 1.82) is 0 Å². The summed E-state index contributed by atoms with van der Waals surface area (Å²) in [5, 5.41) is 1.26. The largest absolute Gasteiger partial charge is 0.361 e. The van der Waals surface area contributed by atoms with Gasteiger partial charge in [0.05, 0.1) is 0 Å². The fourth-order valence-electron chi connectivity index (χ4n) is 2.44. The van der Waals surface area contributed by atoms with Crippen LogP contribution in [0.1, 0.15) is 30.9 Å². The molecule has 1 aromatic carbocycles. The first-order chi connectivity index (χ1) is 7.75. The Bertz CT molecular complexity index is 514. The Kier molecular flexibility index (Phi) is 2.52. The Hall–Kier alpha value is -0.800. The quantitative estimate of drug-likeness (QED) is 0.864. The van der Waals surface area contributed by atoms with Gasteiger partial charge in [0, 0.05) is 27.6 Å². The Morgan fingerprint density at radius 2 is 2.19 bits per heavy atom. The number of H-pyrrole nitrogens is 1. The highest BCUT2D eigenvalue weighted by Crippen LogP contribution is 2.38. The lowest BCUT2D eigenvalue weighted by Crippen LogP contribution is -2.26. The molecule has 16 heavy (non-hydrogen) atoms. The van der Waals surface area contributed by atoms with Gasteiger partial charge in [0.15, 0.2) is 0 Å². The van der Waals surface area contributed by atoms with E-state index in [0.717, 1.165) is 4.47 Å². The summed E-state index contributed by atoms with van der Waals surface area (Å²) < 4.78 is 1.11. The Morgan fingerprint density at radius 3 is 2.88 bits per heavy atom. The van der Waals surface area contributed by atoms with Gasteiger partial charge in [-0.25, -0.2) is 0 Å². The lowest BCUT2D eigenvalue weighted by atomic mass is 9.77. The maximum atomic E-state index is 6.33. The molecular weight excluding hydrogens is 264 g/mol. The number of aromatic nitrogens is 1. The molecule has 1 fully saturated rings. The lowest BCUT2D eigenvalue weighted by molar-refractivity contribution is 0.265. The van der Waals surface area contributed by atoms with Crippen LogP contribution < -0.4 is 5.73 Å². The first kappa shape index (κ1) is 10.4. The van der Waals surface area contributed by atoms with Crippen molar-refractivity contribution < 1.29 is 0 Å². The minimum Gasteiger partial charge on any atom is -0.361 e. The molecule has 1 saturated carbocycles. The molecular formula is C13H15BrN2. The van der Waals surface area contributed by atoms with Gasteiger partial charge in [-0.1, -0.05) is 22.4 Å². The normalized spacial score (nSPS) is 18.6. The summed E-state index contributed by atoms with van der Waals surface area (Å²) in [5.74, 6) is 0.679. The van der Waals surface area contributed by atoms with Crippen molar-refractivity contribution in [2.45, 2.75) is 25.3 Å². The fraction of sp³-hybridized carbons (Fsp3) is 0.385. The van der Waals surface area contributed by atoms with Gasteiger partial charge in [0.2, 0.25) is 0 Å². The second-order valence-corrected chi connectivity index (χ2v) is 5.57. The van der Waals surface area contributed by atoms with E-state index in [1.54, 1.807) is 0 Å². The van der Waals surface area contributed by atoms with Crippen molar-refractivity contribution in [2.24, 2.45) is 11.7 Å². The molecule has 1 aliphatic rings. The molecule has 84 valence electrons. The maximum Gasteiger partial charge on any atom is 0.0458 e. The summed E-state index contributed by atoms with van der Waals surface area (Å²) in [4.78, 5) is 3.30. The van der Waals surface area contributed by atoms with Crippen LogP contribution >= 0.6 is 15.9 Å². The first-order valence-electron chi connectivity index (χ1n) is 5.78. The SMILES string of the molecule is N[C@@H](c1c[nH]c2ccc(Br)cc12)C1CCC1. The lowest BCUT2D eigenvalue weighted by Gasteiger charge is -2.31. The van der Waals surface area contributed by atoms with E-state index in [1.807, 2.05) is 0 Å². The molecule has 0 aliphatic heterocycles. The highest BCUT2D eigenvalue weighted by molar-refractivity contribution is 9.10. The van der Waals surface area contributed by atoms with Crippen molar-refractivity contribution in [3.8, 4) is 0 Å². The van der Waals surface area contributed by atoms with Crippen LogP contribution in [0.4, 0.5) is 0 Å². The third-order valence-corrected chi connectivity index (χ3v) is 4.19. The molecule has 1 aliphatic carbocycles. The van der Waals surface area contributed by atoms with Crippen molar-refractivity contribution >= 4 is 26.8 Å². The van der Waals surface area contributed by atoms with Gasteiger partial charge in [-0.05, 0) is 42.5 Å². The van der Waals surface area contributed by atoms with E-state index < -0.39 is 0 Å². The Balaban J connectivity index is 2.05. The number of hydrogen-bond donors (Lipinski definition) is 2. The van der Waals surface area contributed by atoms with Crippen molar-refractivity contribution in [2.75, 3.05) is 0 Å². The minimum absolute atomic E-state index is 0.191. The molecule has 0 unspecified atom stereocenters. The van der Waals surface area contributed by atoms with E-state index in [0.29, 0.717) is 5.92 Å². The van der Waals surface area contributed by atoms with Gasteiger partial charge in [-0.3, -0.25) is 0 Å². The number of hydrogen-bond acceptors (Lipinski definition) is 1. The summed E-state index contributed by atoms with van der Waals surface area (Å²) in [5.41, 5.74) is 8.76. The van der Waals surface area contributed by atoms with Gasteiger partial charge in [0.1, 0.15) is 0 Å². The predicted molar refractivity (Wildman–Crippen MR) is 70.3 cm³/mol. The molecule has 1 heterocycles. The Morgan fingerprint density at radius 1 is 1.38 bits per heavy atom. The fourth-order valence-corrected chi connectivity index (χ4v) is 2.80. The summed E-state index contributed by atoms with van der Waals surface area (Å²) in [6.07, 6.45) is 5.97. The molecule has 3 heteroatoms. The van der Waals surface area contributed by atoms with E-state index >= 15 is 0 Å². The topological polar surface area (TPSA) is 41.8 Å².